The molecule has 148 valence electrons. The van der Waals surface area contributed by atoms with Crippen LogP contribution >= 0.6 is 11.3 Å². The Labute approximate surface area is 171 Å². The number of nitrogens with one attached hydrogen (secondary N) is 2. The van der Waals surface area contributed by atoms with Crippen LogP contribution in [0.25, 0.3) is 10.2 Å². The first-order valence-electron chi connectivity index (χ1n) is 9.29. The Kier molecular flexibility index (Phi) is 5.29. The maximum atomic E-state index is 11.7. The summed E-state index contributed by atoms with van der Waals surface area (Å²) in [5.41, 5.74) is 7.44. The van der Waals surface area contributed by atoms with Crippen LogP contribution < -0.4 is 21.1 Å². The second-order valence-electron chi connectivity index (χ2n) is 6.86. The second kappa shape index (κ2) is 8.03. The highest BCUT2D eigenvalue weighted by molar-refractivity contribution is 7.20. The quantitative estimate of drug-likeness (QED) is 0.592. The van der Waals surface area contributed by atoms with Gasteiger partial charge in [0.25, 0.3) is 5.91 Å². The van der Waals surface area contributed by atoms with Gasteiger partial charge in [-0.05, 0) is 44.0 Å². The van der Waals surface area contributed by atoms with Gasteiger partial charge >= 0.3 is 0 Å². The van der Waals surface area contributed by atoms with Gasteiger partial charge in [-0.2, -0.15) is 5.26 Å². The zero-order chi connectivity index (χ0) is 20.4. The lowest BCUT2D eigenvalue weighted by molar-refractivity contribution is 0.100. The highest BCUT2D eigenvalue weighted by Crippen LogP contribution is 2.36. The summed E-state index contributed by atoms with van der Waals surface area (Å²) in [5.74, 6) is 0.670. The average Bonchev–Trinajstić information content (AvgIpc) is 3.08. The highest BCUT2D eigenvalue weighted by Gasteiger charge is 2.20. The second-order valence-corrected chi connectivity index (χ2v) is 7.86. The van der Waals surface area contributed by atoms with Gasteiger partial charge in [0.15, 0.2) is 0 Å². The smallest absolute Gasteiger partial charge is 0.259 e. The van der Waals surface area contributed by atoms with Crippen molar-refractivity contribution in [1.82, 2.24) is 15.3 Å². The van der Waals surface area contributed by atoms with E-state index >= 15 is 0 Å². The monoisotopic (exact) mass is 408 g/mol. The molecule has 3 aromatic rings. The third-order valence-corrected chi connectivity index (χ3v) is 6.07. The first-order valence-corrected chi connectivity index (χ1v) is 10.1. The normalized spacial score (nSPS) is 16.3. The summed E-state index contributed by atoms with van der Waals surface area (Å²) in [7, 11) is 0. The maximum Gasteiger partial charge on any atom is 0.259 e. The molecular formula is C20H20N6O2S. The molecule has 0 aliphatic carbocycles. The number of carbonyl (C=O) groups is 1. The number of piperidine rings is 1. The van der Waals surface area contributed by atoms with Gasteiger partial charge in [0.2, 0.25) is 0 Å². The Hall–Kier alpha value is -3.22. The first-order chi connectivity index (χ1) is 14.1. The van der Waals surface area contributed by atoms with E-state index in [0.717, 1.165) is 36.9 Å². The molecule has 29 heavy (non-hydrogen) atoms. The van der Waals surface area contributed by atoms with E-state index in [4.69, 9.17) is 10.5 Å². The fraction of sp³-hybridized carbons (Fsp3) is 0.300. The van der Waals surface area contributed by atoms with Gasteiger partial charge in [0, 0.05) is 12.6 Å². The van der Waals surface area contributed by atoms with Gasteiger partial charge in [0.05, 0.1) is 27.6 Å². The third kappa shape index (κ3) is 3.85. The van der Waals surface area contributed by atoms with Crippen molar-refractivity contribution < 1.29 is 9.53 Å². The van der Waals surface area contributed by atoms with Crippen molar-refractivity contribution in [3.8, 4) is 11.8 Å². The number of carbonyl (C=O) groups excluding carboxylic acids is 1. The van der Waals surface area contributed by atoms with Crippen molar-refractivity contribution in [3.63, 3.8) is 0 Å². The maximum absolute atomic E-state index is 11.7. The summed E-state index contributed by atoms with van der Waals surface area (Å²) in [6.07, 6.45) is 3.47. The molecule has 0 radical (unpaired) electrons. The first kappa shape index (κ1) is 19.1. The number of benzene rings is 1. The number of fused-ring (bicyclic) bond motifs is 1. The van der Waals surface area contributed by atoms with E-state index in [1.807, 2.05) is 6.92 Å². The molecule has 4 N–H and O–H groups in total. The van der Waals surface area contributed by atoms with Crippen molar-refractivity contribution in [1.29, 1.82) is 5.26 Å². The number of anilines is 2. The molecule has 0 spiro atoms. The molecule has 3 heterocycles. The van der Waals surface area contributed by atoms with Gasteiger partial charge < -0.3 is 21.1 Å². The summed E-state index contributed by atoms with van der Waals surface area (Å²) < 4.78 is 6.20. The summed E-state index contributed by atoms with van der Waals surface area (Å²) in [6.45, 7) is 3.58. The topological polar surface area (TPSA) is 126 Å². The van der Waals surface area contributed by atoms with Crippen LogP contribution in [0, 0.1) is 18.3 Å². The molecule has 9 heteroatoms. The number of nitrogens with zero attached hydrogens (tertiary/aromatic N) is 3. The molecule has 4 rings (SSSR count). The largest absolute Gasteiger partial charge is 0.487 e. The van der Waals surface area contributed by atoms with Gasteiger partial charge in [-0.15, -0.1) is 11.3 Å². The highest BCUT2D eigenvalue weighted by atomic mass is 32.1. The van der Waals surface area contributed by atoms with Crippen LogP contribution in [0.4, 0.5) is 11.5 Å². The van der Waals surface area contributed by atoms with Gasteiger partial charge in [0.1, 0.15) is 28.8 Å². The van der Waals surface area contributed by atoms with E-state index in [0.29, 0.717) is 32.5 Å². The Bertz CT molecular complexity index is 1110. The number of aryl methyl sites for hydroxylation is 1. The minimum absolute atomic E-state index is 0.0352. The van der Waals surface area contributed by atoms with E-state index in [-0.39, 0.29) is 6.10 Å². The number of hydrogen-bond acceptors (Lipinski definition) is 8. The Morgan fingerprint density at radius 3 is 3.03 bits per heavy atom. The number of ether oxygens (including phenoxy) is 1. The minimum Gasteiger partial charge on any atom is -0.487 e. The van der Waals surface area contributed by atoms with Crippen molar-refractivity contribution >= 4 is 39.0 Å². The van der Waals surface area contributed by atoms with Gasteiger partial charge in [-0.1, -0.05) is 0 Å². The van der Waals surface area contributed by atoms with Crippen LogP contribution in [0.3, 0.4) is 0 Å². The molecule has 0 bridgehead atoms. The van der Waals surface area contributed by atoms with E-state index in [9.17, 15) is 10.1 Å². The zero-order valence-corrected chi connectivity index (χ0v) is 16.7. The predicted octanol–water partition coefficient (Wildman–Crippen LogP) is 2.84. The van der Waals surface area contributed by atoms with Crippen LogP contribution in [-0.4, -0.2) is 35.1 Å². The number of thiophene rings is 1. The molecule has 1 saturated heterocycles. The fourth-order valence-corrected chi connectivity index (χ4v) is 4.42. The molecule has 0 saturated carbocycles. The number of primary amides is 1. The fourth-order valence-electron chi connectivity index (χ4n) is 3.42. The molecule has 8 nitrogen and oxygen atoms in total. The Morgan fingerprint density at radius 1 is 1.45 bits per heavy atom. The van der Waals surface area contributed by atoms with Crippen molar-refractivity contribution in [2.45, 2.75) is 25.9 Å². The molecule has 1 aromatic carbocycles. The summed E-state index contributed by atoms with van der Waals surface area (Å²) in [6, 6.07) is 7.40. The molecule has 0 unspecified atom stereocenters. The van der Waals surface area contributed by atoms with Crippen LogP contribution in [-0.2, 0) is 0 Å². The number of nitrogens with two attached hydrogens (primary N) is 1. The average molecular weight is 408 g/mol. The van der Waals surface area contributed by atoms with Crippen LogP contribution in [0.15, 0.2) is 24.5 Å². The van der Waals surface area contributed by atoms with Crippen LogP contribution in [0.2, 0.25) is 0 Å². The molecule has 1 fully saturated rings. The Balaban J connectivity index is 1.72. The Morgan fingerprint density at radius 2 is 2.31 bits per heavy atom. The molecule has 2 aromatic heterocycles. The lowest BCUT2D eigenvalue weighted by Crippen LogP contribution is -2.37. The van der Waals surface area contributed by atoms with E-state index in [1.165, 1.54) is 17.7 Å². The number of rotatable bonds is 5. The number of nitriles is 1. The van der Waals surface area contributed by atoms with E-state index in [2.05, 4.69) is 26.7 Å². The molecule has 1 atom stereocenters. The van der Waals surface area contributed by atoms with Crippen molar-refractivity contribution in [3.05, 3.63) is 40.5 Å². The minimum atomic E-state index is -0.483. The predicted molar refractivity (Wildman–Crippen MR) is 112 cm³/mol. The number of hydrogen-bond donors (Lipinski definition) is 3. The number of amides is 1. The van der Waals surface area contributed by atoms with Gasteiger partial charge in [-0.3, -0.25) is 4.79 Å². The lowest BCUT2D eigenvalue weighted by Gasteiger charge is -2.25. The molecule has 1 amide bonds. The number of aromatic nitrogens is 2. The molecule has 1 aliphatic heterocycles. The van der Waals surface area contributed by atoms with E-state index < -0.39 is 5.91 Å². The molecular weight excluding hydrogens is 388 g/mol. The SMILES string of the molecule is Cc1c(C(N)=O)sc2ncnc(Nc3ccc(C#N)cc3O[C@H]3CCCNC3)c12. The summed E-state index contributed by atoms with van der Waals surface area (Å²) >= 11 is 1.25. The van der Waals surface area contributed by atoms with Crippen molar-refractivity contribution in [2.24, 2.45) is 5.73 Å². The van der Waals surface area contributed by atoms with Crippen LogP contribution in [0.5, 0.6) is 5.75 Å². The van der Waals surface area contributed by atoms with Crippen LogP contribution in [0.1, 0.15) is 33.6 Å². The summed E-state index contributed by atoms with van der Waals surface area (Å²) in [4.78, 5) is 21.5. The van der Waals surface area contributed by atoms with Crippen molar-refractivity contribution in [2.75, 3.05) is 18.4 Å². The lowest BCUT2D eigenvalue weighted by atomic mass is 10.1. The van der Waals surface area contributed by atoms with E-state index in [1.54, 1.807) is 18.2 Å². The van der Waals surface area contributed by atoms with Gasteiger partial charge in [-0.25, -0.2) is 9.97 Å². The summed E-state index contributed by atoms with van der Waals surface area (Å²) in [5, 5.41) is 16.7. The third-order valence-electron chi connectivity index (χ3n) is 4.86. The zero-order valence-electron chi connectivity index (χ0n) is 15.9. The standard InChI is InChI=1S/C20H20N6O2S/c1-11-16-19(24-10-25-20(16)29-17(11)18(22)27)26-14-5-4-12(8-21)7-15(14)28-13-3-2-6-23-9-13/h4-5,7,10,13,23H,2-3,6,9H2,1H3,(H2,22,27)(H,24,25,26)/t13-/m0/s1. The molecule has 1 aliphatic rings.